The first-order chi connectivity index (χ1) is 4.57. The fourth-order valence-electron chi connectivity index (χ4n) is 0.221. The highest BCUT2D eigenvalue weighted by Crippen LogP contribution is 2.08. The minimum Gasteiger partial charge on any atom is -0.464 e. The Balaban J connectivity index is 3.68. The zero-order chi connectivity index (χ0) is 8.15. The first-order valence-electron chi connectivity index (χ1n) is 2.36. The van der Waals surface area contributed by atoms with Crippen molar-refractivity contribution in [3.05, 3.63) is 0 Å². The molecule has 0 radical (unpaired) electrons. The second kappa shape index (κ2) is 4.45. The van der Waals surface area contributed by atoms with Gasteiger partial charge < -0.3 is 5.11 Å². The number of rotatable bonds is 1. The van der Waals surface area contributed by atoms with Gasteiger partial charge in [0.25, 0.3) is 0 Å². The first-order valence-corrected chi connectivity index (χ1v) is 3.77. The Hall–Kier alpha value is -0.360. The molecule has 6 heteroatoms. The number of thiol groups is 1. The summed E-state index contributed by atoms with van der Waals surface area (Å²) in [4.78, 5) is 20.6. The van der Waals surface area contributed by atoms with Crippen LogP contribution in [0.3, 0.4) is 0 Å². The fraction of sp³-hybridized carbons (Fsp3) is 0.500. The normalized spacial score (nSPS) is 9.00. The van der Waals surface area contributed by atoms with E-state index in [0.29, 0.717) is 11.9 Å². The molecule has 4 nitrogen and oxygen atoms in total. The summed E-state index contributed by atoms with van der Waals surface area (Å²) in [5.41, 5.74) is 0. The molecule has 58 valence electrons. The van der Waals surface area contributed by atoms with Gasteiger partial charge >= 0.3 is 6.09 Å². The van der Waals surface area contributed by atoms with E-state index in [-0.39, 0.29) is 10.9 Å². The molecule has 0 aromatic heterocycles. The van der Waals surface area contributed by atoms with E-state index in [9.17, 15) is 9.59 Å². The van der Waals surface area contributed by atoms with Crippen molar-refractivity contribution in [3.63, 3.8) is 0 Å². The Bertz CT molecular complexity index is 149. The summed E-state index contributed by atoms with van der Waals surface area (Å²) < 4.78 is 0.832. The smallest absolute Gasteiger partial charge is 0.417 e. The Kier molecular flexibility index (Phi) is 4.29. The lowest BCUT2D eigenvalue weighted by atomic mass is 10.9. The maximum absolute atomic E-state index is 10.5. The van der Waals surface area contributed by atoms with Crippen LogP contribution < -0.4 is 0 Å². The molecule has 0 heterocycles. The second-order valence-corrected chi connectivity index (χ2v) is 2.90. The summed E-state index contributed by atoms with van der Waals surface area (Å²) in [6.07, 6.45) is -1.14. The fourth-order valence-corrected chi connectivity index (χ4v) is 0.835. The van der Waals surface area contributed by atoms with Crippen molar-refractivity contribution in [2.45, 2.75) is 0 Å². The van der Waals surface area contributed by atoms with E-state index in [1.807, 2.05) is 0 Å². The van der Waals surface area contributed by atoms with E-state index >= 15 is 0 Å². The molecule has 0 saturated heterocycles. The largest absolute Gasteiger partial charge is 0.464 e. The summed E-state index contributed by atoms with van der Waals surface area (Å²) in [7, 11) is 1.30. The summed E-state index contributed by atoms with van der Waals surface area (Å²) in [5, 5.41) is 7.97. The topological polar surface area (TPSA) is 57.6 Å². The van der Waals surface area contributed by atoms with E-state index in [1.165, 1.54) is 7.05 Å². The molecule has 0 rings (SSSR count). The molecule has 0 atom stereocenters. The van der Waals surface area contributed by atoms with Gasteiger partial charge in [-0.05, 0) is 0 Å². The highest BCUT2D eigenvalue weighted by atomic mass is 32.2. The van der Waals surface area contributed by atoms with Gasteiger partial charge in [0.1, 0.15) is 0 Å². The van der Waals surface area contributed by atoms with Crippen LogP contribution in [0.5, 0.6) is 0 Å². The van der Waals surface area contributed by atoms with Crippen LogP contribution in [0.15, 0.2) is 0 Å². The van der Waals surface area contributed by atoms with Gasteiger partial charge in [0.05, 0.1) is 5.75 Å². The SMILES string of the molecule is CN(SC(=O)CS)C(=O)O. The number of nitrogens with zero attached hydrogens (tertiary/aromatic N) is 1. The van der Waals surface area contributed by atoms with Crippen LogP contribution >= 0.6 is 24.6 Å². The Morgan fingerprint density at radius 1 is 1.70 bits per heavy atom. The predicted molar refractivity (Wildman–Crippen MR) is 42.2 cm³/mol. The highest BCUT2D eigenvalue weighted by molar-refractivity contribution is 8.13. The maximum Gasteiger partial charge on any atom is 0.417 e. The van der Waals surface area contributed by atoms with Crippen LogP contribution in [0.25, 0.3) is 0 Å². The van der Waals surface area contributed by atoms with Crippen molar-refractivity contribution in [1.29, 1.82) is 0 Å². The molecule has 10 heavy (non-hydrogen) atoms. The highest BCUT2D eigenvalue weighted by Gasteiger charge is 2.10. The molecule has 0 fully saturated rings. The Labute approximate surface area is 68.1 Å². The molecule has 0 saturated carbocycles. The zero-order valence-electron chi connectivity index (χ0n) is 5.27. The maximum atomic E-state index is 10.5. The van der Waals surface area contributed by atoms with Gasteiger partial charge in [-0.1, -0.05) is 0 Å². The monoisotopic (exact) mass is 181 g/mol. The summed E-state index contributed by atoms with van der Waals surface area (Å²) in [5.74, 6) is 0.0439. The van der Waals surface area contributed by atoms with Crippen molar-refractivity contribution < 1.29 is 14.7 Å². The lowest BCUT2D eigenvalue weighted by Crippen LogP contribution is -2.19. The van der Waals surface area contributed by atoms with Gasteiger partial charge in [-0.25, -0.2) is 9.10 Å². The van der Waals surface area contributed by atoms with E-state index in [0.717, 1.165) is 4.31 Å². The third-order valence-corrected chi connectivity index (χ3v) is 1.92. The van der Waals surface area contributed by atoms with Crippen LogP contribution in [0.1, 0.15) is 0 Å². The third kappa shape index (κ3) is 3.62. The van der Waals surface area contributed by atoms with Crippen molar-refractivity contribution >= 4 is 35.8 Å². The lowest BCUT2D eigenvalue weighted by molar-refractivity contribution is -0.108. The van der Waals surface area contributed by atoms with Crippen LogP contribution in [-0.4, -0.2) is 33.4 Å². The Morgan fingerprint density at radius 3 is 2.50 bits per heavy atom. The third-order valence-electron chi connectivity index (χ3n) is 0.637. The number of carbonyl (C=O) groups is 2. The zero-order valence-corrected chi connectivity index (χ0v) is 6.98. The molecule has 0 aliphatic carbocycles. The minimum absolute atomic E-state index is 0.0439. The van der Waals surface area contributed by atoms with E-state index in [1.54, 1.807) is 0 Å². The number of hydrogen-bond donors (Lipinski definition) is 2. The lowest BCUT2D eigenvalue weighted by Gasteiger charge is -2.07. The molecular formula is C4H7NO3S2. The van der Waals surface area contributed by atoms with Crippen molar-refractivity contribution in [2.75, 3.05) is 12.8 Å². The van der Waals surface area contributed by atoms with Gasteiger partial charge in [0.2, 0.25) is 5.12 Å². The molecule has 0 bridgehead atoms. The first kappa shape index (κ1) is 9.64. The van der Waals surface area contributed by atoms with Crippen molar-refractivity contribution in [2.24, 2.45) is 0 Å². The molecule has 0 spiro atoms. The number of amides is 1. The number of hydrogen-bond acceptors (Lipinski definition) is 4. The van der Waals surface area contributed by atoms with Gasteiger partial charge in [0.15, 0.2) is 0 Å². The molecule has 0 aromatic carbocycles. The van der Waals surface area contributed by atoms with Gasteiger partial charge in [-0.3, -0.25) is 4.79 Å². The molecule has 0 unspecified atom stereocenters. The van der Waals surface area contributed by atoms with Crippen LogP contribution in [-0.2, 0) is 4.79 Å². The summed E-state index contributed by atoms with van der Waals surface area (Å²) in [6, 6.07) is 0. The molecule has 1 amide bonds. The average Bonchev–Trinajstić information content (AvgIpc) is 1.87. The molecule has 1 N–H and O–H groups in total. The van der Waals surface area contributed by atoms with E-state index < -0.39 is 6.09 Å². The quantitative estimate of drug-likeness (QED) is 0.462. The Morgan fingerprint density at radius 2 is 2.20 bits per heavy atom. The minimum atomic E-state index is -1.14. The van der Waals surface area contributed by atoms with Gasteiger partial charge in [0, 0.05) is 19.0 Å². The van der Waals surface area contributed by atoms with Crippen molar-refractivity contribution in [1.82, 2.24) is 4.31 Å². The number of carbonyl (C=O) groups excluding carboxylic acids is 1. The van der Waals surface area contributed by atoms with Crippen LogP contribution in [0, 0.1) is 0 Å². The molecule has 0 aromatic rings. The van der Waals surface area contributed by atoms with E-state index in [4.69, 9.17) is 5.11 Å². The molecule has 0 aliphatic heterocycles. The van der Waals surface area contributed by atoms with Crippen LogP contribution in [0.4, 0.5) is 4.79 Å². The predicted octanol–water partition coefficient (Wildman–Crippen LogP) is 0.701. The summed E-state index contributed by atoms with van der Waals surface area (Å²) in [6.45, 7) is 0. The van der Waals surface area contributed by atoms with Crippen LogP contribution in [0.2, 0.25) is 0 Å². The average molecular weight is 181 g/mol. The molecular weight excluding hydrogens is 174 g/mol. The standard InChI is InChI=1S/C4H7NO3S2/c1-5(4(7)8)10-3(6)2-9/h9H,2H2,1H3,(H,7,8). The van der Waals surface area contributed by atoms with E-state index in [2.05, 4.69) is 12.6 Å². The second-order valence-electron chi connectivity index (χ2n) is 1.40. The van der Waals surface area contributed by atoms with Gasteiger partial charge in [-0.2, -0.15) is 12.6 Å². The summed E-state index contributed by atoms with van der Waals surface area (Å²) >= 11 is 4.29. The van der Waals surface area contributed by atoms with Crippen molar-refractivity contribution in [3.8, 4) is 0 Å². The molecule has 0 aliphatic rings. The van der Waals surface area contributed by atoms with Gasteiger partial charge in [-0.15, -0.1) is 0 Å². The number of carboxylic acid groups (broad SMARTS) is 1.